The van der Waals surface area contributed by atoms with Crippen LogP contribution in [0.25, 0.3) is 10.9 Å². The maximum Gasteiger partial charge on any atom is 0.255 e. The van der Waals surface area contributed by atoms with Crippen LogP contribution in [0.5, 0.6) is 0 Å². The maximum atomic E-state index is 12.3. The number of benzene rings is 1. The molecule has 0 fully saturated rings. The number of nitrogens with one attached hydrogen (secondary N) is 3. The monoisotopic (exact) mass is 345 g/mol. The number of nitrogens with zero attached hydrogens (tertiary/aromatic N) is 2. The fraction of sp³-hybridized carbons (Fsp3) is 0.133. The van der Waals surface area contributed by atoms with Crippen LogP contribution in [0.1, 0.15) is 16.1 Å². The lowest BCUT2D eigenvalue weighted by molar-refractivity contribution is 0.102. The van der Waals surface area contributed by atoms with Crippen LogP contribution in [0.4, 0.5) is 5.69 Å². The summed E-state index contributed by atoms with van der Waals surface area (Å²) in [6.07, 6.45) is 4.20. The number of sulfonamides is 1. The Bertz CT molecular complexity index is 997. The summed E-state index contributed by atoms with van der Waals surface area (Å²) in [7, 11) is -3.32. The van der Waals surface area contributed by atoms with Gasteiger partial charge >= 0.3 is 0 Å². The van der Waals surface area contributed by atoms with Gasteiger partial charge in [-0.3, -0.25) is 14.9 Å². The van der Waals surface area contributed by atoms with Gasteiger partial charge in [0, 0.05) is 22.8 Å². The van der Waals surface area contributed by atoms with Crippen LogP contribution in [0.3, 0.4) is 0 Å². The molecule has 3 rings (SSSR count). The molecule has 2 aromatic heterocycles. The minimum Gasteiger partial charge on any atom is -0.322 e. The van der Waals surface area contributed by atoms with Gasteiger partial charge in [0.1, 0.15) is 0 Å². The standard InChI is InChI=1S/C15H15N5O3S/c1-24(22,23)18-9-13-6-10(4-5-16-13)15(21)19-12-2-3-14-11(7-12)8-17-20-14/h2-8,18H,9H2,1H3,(H,17,20)(H,19,21). The van der Waals surface area contributed by atoms with E-state index in [2.05, 4.69) is 25.2 Å². The number of aromatic nitrogens is 3. The number of H-pyrrole nitrogens is 1. The van der Waals surface area contributed by atoms with Crippen LogP contribution in [-0.2, 0) is 16.6 Å². The lowest BCUT2D eigenvalue weighted by Gasteiger charge is -2.07. The minimum absolute atomic E-state index is 0.0287. The van der Waals surface area contributed by atoms with Crippen LogP contribution in [0.15, 0.2) is 42.7 Å². The molecule has 0 aliphatic rings. The molecule has 0 radical (unpaired) electrons. The van der Waals surface area contributed by atoms with Gasteiger partial charge < -0.3 is 5.32 Å². The van der Waals surface area contributed by atoms with E-state index in [1.165, 1.54) is 6.20 Å². The number of hydrogen-bond acceptors (Lipinski definition) is 5. The Hall–Kier alpha value is -2.78. The number of anilines is 1. The van der Waals surface area contributed by atoms with Gasteiger partial charge in [0.25, 0.3) is 5.91 Å². The molecule has 0 saturated heterocycles. The number of hydrogen-bond donors (Lipinski definition) is 3. The van der Waals surface area contributed by atoms with E-state index < -0.39 is 10.0 Å². The van der Waals surface area contributed by atoms with Crippen molar-refractivity contribution in [1.82, 2.24) is 19.9 Å². The van der Waals surface area contributed by atoms with Crippen molar-refractivity contribution in [2.45, 2.75) is 6.54 Å². The Kier molecular flexibility index (Phi) is 4.28. The van der Waals surface area contributed by atoms with Crippen LogP contribution in [0.2, 0.25) is 0 Å². The Morgan fingerprint density at radius 3 is 2.88 bits per heavy atom. The van der Waals surface area contributed by atoms with E-state index in [9.17, 15) is 13.2 Å². The molecule has 124 valence electrons. The SMILES string of the molecule is CS(=O)(=O)NCc1cc(C(=O)Nc2ccc3[nH]ncc3c2)ccn1. The van der Waals surface area contributed by atoms with Gasteiger partial charge in [0.2, 0.25) is 10.0 Å². The van der Waals surface area contributed by atoms with E-state index in [0.29, 0.717) is 16.9 Å². The summed E-state index contributed by atoms with van der Waals surface area (Å²) in [5, 5.41) is 10.5. The van der Waals surface area contributed by atoms with Gasteiger partial charge in [0.15, 0.2) is 0 Å². The number of fused-ring (bicyclic) bond motifs is 1. The molecular weight excluding hydrogens is 330 g/mol. The first-order valence-corrected chi connectivity index (χ1v) is 8.94. The second-order valence-electron chi connectivity index (χ2n) is 5.26. The fourth-order valence-electron chi connectivity index (χ4n) is 2.14. The molecule has 9 heteroatoms. The molecule has 0 bridgehead atoms. The van der Waals surface area contributed by atoms with Crippen molar-refractivity contribution >= 4 is 32.5 Å². The first-order valence-electron chi connectivity index (χ1n) is 7.05. The molecular formula is C15H15N5O3S. The third kappa shape index (κ3) is 3.94. The Morgan fingerprint density at radius 2 is 2.08 bits per heavy atom. The first-order chi connectivity index (χ1) is 11.4. The number of amides is 1. The summed E-state index contributed by atoms with van der Waals surface area (Å²) in [5.74, 6) is -0.305. The van der Waals surface area contributed by atoms with Crippen LogP contribution in [-0.4, -0.2) is 35.8 Å². The molecule has 0 saturated carbocycles. The normalized spacial score (nSPS) is 11.5. The highest BCUT2D eigenvalue weighted by atomic mass is 32.2. The number of carbonyl (C=O) groups is 1. The van der Waals surface area contributed by atoms with E-state index in [-0.39, 0.29) is 12.5 Å². The molecule has 2 heterocycles. The predicted molar refractivity (Wildman–Crippen MR) is 90.0 cm³/mol. The van der Waals surface area contributed by atoms with Crippen molar-refractivity contribution in [3.05, 3.63) is 54.0 Å². The average molecular weight is 345 g/mol. The summed E-state index contributed by atoms with van der Waals surface area (Å²) in [5.41, 5.74) is 2.37. The largest absolute Gasteiger partial charge is 0.322 e. The van der Waals surface area contributed by atoms with Crippen molar-refractivity contribution in [3.8, 4) is 0 Å². The van der Waals surface area contributed by atoms with E-state index in [1.807, 2.05) is 12.1 Å². The van der Waals surface area contributed by atoms with Gasteiger partial charge in [-0.15, -0.1) is 0 Å². The van der Waals surface area contributed by atoms with Crippen molar-refractivity contribution in [3.63, 3.8) is 0 Å². The highest BCUT2D eigenvalue weighted by Crippen LogP contribution is 2.17. The zero-order valence-corrected chi connectivity index (χ0v) is 13.6. The van der Waals surface area contributed by atoms with Crippen molar-refractivity contribution in [2.24, 2.45) is 0 Å². The molecule has 0 aliphatic heterocycles. The molecule has 0 unspecified atom stereocenters. The maximum absolute atomic E-state index is 12.3. The van der Waals surface area contributed by atoms with Gasteiger partial charge in [-0.2, -0.15) is 5.10 Å². The van der Waals surface area contributed by atoms with Crippen molar-refractivity contribution in [2.75, 3.05) is 11.6 Å². The number of rotatable bonds is 5. The van der Waals surface area contributed by atoms with Gasteiger partial charge in [0.05, 0.1) is 30.2 Å². The van der Waals surface area contributed by atoms with Crippen LogP contribution in [0, 0.1) is 0 Å². The van der Waals surface area contributed by atoms with E-state index in [4.69, 9.17) is 0 Å². The molecule has 0 spiro atoms. The molecule has 1 aromatic carbocycles. The third-order valence-electron chi connectivity index (χ3n) is 3.29. The topological polar surface area (TPSA) is 117 Å². The molecule has 0 aliphatic carbocycles. The lowest BCUT2D eigenvalue weighted by atomic mass is 10.2. The number of pyridine rings is 1. The third-order valence-corrected chi connectivity index (χ3v) is 3.96. The zero-order chi connectivity index (χ0) is 17.2. The number of carbonyl (C=O) groups excluding carboxylic acids is 1. The average Bonchev–Trinajstić information content (AvgIpc) is 3.00. The second-order valence-corrected chi connectivity index (χ2v) is 7.09. The minimum atomic E-state index is -3.32. The summed E-state index contributed by atoms with van der Waals surface area (Å²) >= 11 is 0. The fourth-order valence-corrected chi connectivity index (χ4v) is 2.55. The quantitative estimate of drug-likeness (QED) is 0.643. The molecule has 3 aromatic rings. The highest BCUT2D eigenvalue weighted by Gasteiger charge is 2.09. The first kappa shape index (κ1) is 16.1. The van der Waals surface area contributed by atoms with Crippen LogP contribution < -0.4 is 10.0 Å². The molecule has 0 atom stereocenters. The van der Waals surface area contributed by atoms with E-state index >= 15 is 0 Å². The smallest absolute Gasteiger partial charge is 0.255 e. The Labute approximate surface area is 138 Å². The highest BCUT2D eigenvalue weighted by molar-refractivity contribution is 7.88. The van der Waals surface area contributed by atoms with Crippen molar-refractivity contribution in [1.29, 1.82) is 0 Å². The van der Waals surface area contributed by atoms with Crippen molar-refractivity contribution < 1.29 is 13.2 Å². The number of aromatic amines is 1. The van der Waals surface area contributed by atoms with Crippen LogP contribution >= 0.6 is 0 Å². The molecule has 1 amide bonds. The van der Waals surface area contributed by atoms with E-state index in [1.54, 1.807) is 24.4 Å². The van der Waals surface area contributed by atoms with Gasteiger partial charge in [-0.25, -0.2) is 13.1 Å². The summed E-state index contributed by atoms with van der Waals surface area (Å²) in [6, 6.07) is 8.52. The molecule has 8 nitrogen and oxygen atoms in total. The molecule has 24 heavy (non-hydrogen) atoms. The Balaban J connectivity index is 1.74. The summed E-state index contributed by atoms with van der Waals surface area (Å²) in [6.45, 7) is 0.0287. The zero-order valence-electron chi connectivity index (χ0n) is 12.8. The predicted octanol–water partition coefficient (Wildman–Crippen LogP) is 1.26. The second kappa shape index (κ2) is 6.38. The van der Waals surface area contributed by atoms with Gasteiger partial charge in [-0.05, 0) is 30.3 Å². The van der Waals surface area contributed by atoms with E-state index in [0.717, 1.165) is 17.2 Å². The summed E-state index contributed by atoms with van der Waals surface area (Å²) in [4.78, 5) is 16.4. The molecule has 3 N–H and O–H groups in total. The Morgan fingerprint density at radius 1 is 1.25 bits per heavy atom. The lowest BCUT2D eigenvalue weighted by Crippen LogP contribution is -2.22. The summed E-state index contributed by atoms with van der Waals surface area (Å²) < 4.78 is 24.6. The van der Waals surface area contributed by atoms with Gasteiger partial charge in [-0.1, -0.05) is 0 Å².